The normalized spacial score (nSPS) is 16.3. The number of nitrogen functional groups attached to an aromatic ring is 1. The number of allylic oxidation sites excluding steroid dienone is 2. The number of aryl methyl sites for hydroxylation is 1. The minimum absolute atomic E-state index is 0.725. The Labute approximate surface area is 108 Å². The lowest BCUT2D eigenvalue weighted by Gasteiger charge is -2.12. The molecule has 1 aromatic rings. The molecule has 4 N–H and O–H groups in total. The van der Waals surface area contributed by atoms with E-state index in [9.17, 15) is 0 Å². The van der Waals surface area contributed by atoms with E-state index < -0.39 is 0 Å². The van der Waals surface area contributed by atoms with Crippen LogP contribution in [0, 0.1) is 0 Å². The first-order valence-corrected chi connectivity index (χ1v) is 7.14. The van der Waals surface area contributed by atoms with Crippen molar-refractivity contribution in [2.45, 2.75) is 46.0 Å². The molecule has 1 heterocycles. The van der Waals surface area contributed by atoms with E-state index in [-0.39, 0.29) is 0 Å². The van der Waals surface area contributed by atoms with Gasteiger partial charge in [0.05, 0.1) is 5.69 Å². The molecule has 0 aliphatic heterocycles. The number of rotatable bonds is 2. The number of nitrogens with two attached hydrogens (primary N) is 2. The van der Waals surface area contributed by atoms with E-state index in [1.807, 2.05) is 0 Å². The van der Waals surface area contributed by atoms with Crippen LogP contribution < -0.4 is 11.5 Å². The molecule has 4 heteroatoms. The second-order valence-electron chi connectivity index (χ2n) is 4.16. The number of fused-ring (bicyclic) bond motifs is 1. The van der Waals surface area contributed by atoms with E-state index in [2.05, 4.69) is 24.9 Å². The highest BCUT2D eigenvalue weighted by Crippen LogP contribution is 2.30. The molecule has 0 amide bonds. The molecule has 0 bridgehead atoms. The molecule has 0 saturated carbocycles. The smallest absolute Gasteiger partial charge is 0.180 e. The van der Waals surface area contributed by atoms with Crippen molar-refractivity contribution < 1.29 is 0 Å². The molecule has 0 atom stereocenters. The Bertz CT molecular complexity index is 367. The molecular weight excluding hydrogens is 230 g/mol. The van der Waals surface area contributed by atoms with Crippen molar-refractivity contribution in [3.05, 3.63) is 22.2 Å². The molecule has 0 saturated heterocycles. The minimum Gasteiger partial charge on any atom is -0.375 e. The zero-order valence-electron chi connectivity index (χ0n) is 10.8. The van der Waals surface area contributed by atoms with Gasteiger partial charge in [-0.2, -0.15) is 0 Å². The van der Waals surface area contributed by atoms with Crippen molar-refractivity contribution >= 4 is 16.5 Å². The fraction of sp³-hybridized carbons (Fsp3) is 0.615. The van der Waals surface area contributed by atoms with Gasteiger partial charge in [-0.1, -0.05) is 25.5 Å². The number of anilines is 1. The van der Waals surface area contributed by atoms with Gasteiger partial charge in [-0.25, -0.2) is 4.98 Å². The van der Waals surface area contributed by atoms with E-state index in [0.29, 0.717) is 0 Å². The van der Waals surface area contributed by atoms with Gasteiger partial charge in [0, 0.05) is 11.3 Å². The van der Waals surface area contributed by atoms with Crippen LogP contribution in [-0.2, 0) is 12.8 Å². The maximum atomic E-state index is 5.67. The van der Waals surface area contributed by atoms with E-state index >= 15 is 0 Å². The van der Waals surface area contributed by atoms with Crippen LogP contribution in [-0.4, -0.2) is 11.5 Å². The second kappa shape index (κ2) is 7.45. The summed E-state index contributed by atoms with van der Waals surface area (Å²) in [5.74, 6) is 0. The molecule has 17 heavy (non-hydrogen) atoms. The largest absolute Gasteiger partial charge is 0.375 e. The quantitative estimate of drug-likeness (QED) is 0.796. The van der Waals surface area contributed by atoms with Crippen LogP contribution >= 0.6 is 11.3 Å². The Kier molecular flexibility index (Phi) is 6.22. The third-order valence-corrected chi connectivity index (χ3v) is 3.57. The first-order valence-electron chi connectivity index (χ1n) is 6.33. The van der Waals surface area contributed by atoms with Crippen molar-refractivity contribution in [2.75, 3.05) is 12.3 Å². The topological polar surface area (TPSA) is 64.9 Å². The summed E-state index contributed by atoms with van der Waals surface area (Å²) in [4.78, 5) is 5.69. The molecule has 3 nitrogen and oxygen atoms in total. The van der Waals surface area contributed by atoms with Gasteiger partial charge in [-0.15, -0.1) is 11.3 Å². The molecule has 0 spiro atoms. The third-order valence-electron chi connectivity index (χ3n) is 2.65. The fourth-order valence-electron chi connectivity index (χ4n) is 1.77. The average Bonchev–Trinajstić information content (AvgIpc) is 2.69. The number of hydrogen-bond donors (Lipinski definition) is 2. The van der Waals surface area contributed by atoms with Gasteiger partial charge >= 0.3 is 0 Å². The minimum atomic E-state index is 0.725. The molecule has 0 aromatic carbocycles. The summed E-state index contributed by atoms with van der Waals surface area (Å²) in [6, 6.07) is 0. The number of nitrogens with zero attached hydrogens (tertiary/aromatic N) is 1. The van der Waals surface area contributed by atoms with E-state index in [1.165, 1.54) is 17.0 Å². The van der Waals surface area contributed by atoms with Crippen molar-refractivity contribution in [1.29, 1.82) is 0 Å². The number of thiazole rings is 1. The predicted octanol–water partition coefficient (Wildman–Crippen LogP) is 2.91. The Morgan fingerprint density at radius 3 is 2.65 bits per heavy atom. The Balaban J connectivity index is 0.000000317. The fourth-order valence-corrected chi connectivity index (χ4v) is 2.70. The Morgan fingerprint density at radius 1 is 1.35 bits per heavy atom. The van der Waals surface area contributed by atoms with E-state index in [0.717, 1.165) is 37.4 Å². The zero-order valence-corrected chi connectivity index (χ0v) is 11.6. The molecule has 0 fully saturated rings. The lowest BCUT2D eigenvalue weighted by Crippen LogP contribution is -2.03. The lowest BCUT2D eigenvalue weighted by atomic mass is 9.96. The average molecular weight is 253 g/mol. The summed E-state index contributed by atoms with van der Waals surface area (Å²) in [5, 5.41) is 0.725. The summed E-state index contributed by atoms with van der Waals surface area (Å²) in [7, 11) is 0. The van der Waals surface area contributed by atoms with Crippen LogP contribution in [0.25, 0.3) is 0 Å². The van der Waals surface area contributed by atoms with Crippen LogP contribution in [0.5, 0.6) is 0 Å². The van der Waals surface area contributed by atoms with Gasteiger partial charge in [0.1, 0.15) is 0 Å². The van der Waals surface area contributed by atoms with Crippen LogP contribution in [0.15, 0.2) is 11.6 Å². The summed E-state index contributed by atoms with van der Waals surface area (Å²) < 4.78 is 0. The standard InChI is InChI=1S/C10H14N2S.C3H9N/c1-2-3-7-4-5-8-9(6-7)13-10(11)12-8;1-2-3-4/h3H,2,4-6H2,1H3,(H2,11,12);2-4H2,1H3/b7-3-;. The van der Waals surface area contributed by atoms with Crippen molar-refractivity contribution in [3.63, 3.8) is 0 Å². The summed E-state index contributed by atoms with van der Waals surface area (Å²) in [5.41, 5.74) is 13.5. The lowest BCUT2D eigenvalue weighted by molar-refractivity contribution is 0.817. The van der Waals surface area contributed by atoms with Crippen LogP contribution in [0.2, 0.25) is 0 Å². The van der Waals surface area contributed by atoms with Gasteiger partial charge in [-0.3, -0.25) is 0 Å². The Morgan fingerprint density at radius 2 is 2.06 bits per heavy atom. The first kappa shape index (κ1) is 14.2. The third kappa shape index (κ3) is 4.48. The maximum absolute atomic E-state index is 5.67. The van der Waals surface area contributed by atoms with E-state index in [4.69, 9.17) is 11.5 Å². The predicted molar refractivity (Wildman–Crippen MR) is 76.3 cm³/mol. The molecule has 96 valence electrons. The van der Waals surface area contributed by atoms with Crippen molar-refractivity contribution in [1.82, 2.24) is 4.98 Å². The van der Waals surface area contributed by atoms with E-state index in [1.54, 1.807) is 16.9 Å². The molecule has 2 rings (SSSR count). The summed E-state index contributed by atoms with van der Waals surface area (Å²) >= 11 is 1.65. The number of hydrogen-bond acceptors (Lipinski definition) is 4. The van der Waals surface area contributed by atoms with Gasteiger partial charge in [0.15, 0.2) is 5.13 Å². The molecule has 1 aromatic heterocycles. The maximum Gasteiger partial charge on any atom is 0.180 e. The highest BCUT2D eigenvalue weighted by molar-refractivity contribution is 7.15. The molecular formula is C13H23N3S. The van der Waals surface area contributed by atoms with Crippen LogP contribution in [0.4, 0.5) is 5.13 Å². The number of aromatic nitrogens is 1. The van der Waals surface area contributed by atoms with Crippen LogP contribution in [0.3, 0.4) is 0 Å². The molecule has 1 aliphatic rings. The first-order chi connectivity index (χ1) is 8.21. The van der Waals surface area contributed by atoms with Gasteiger partial charge < -0.3 is 11.5 Å². The van der Waals surface area contributed by atoms with Gasteiger partial charge in [-0.05, 0) is 32.2 Å². The molecule has 0 radical (unpaired) electrons. The van der Waals surface area contributed by atoms with Gasteiger partial charge in [0.25, 0.3) is 0 Å². The van der Waals surface area contributed by atoms with Gasteiger partial charge in [0.2, 0.25) is 0 Å². The highest BCUT2D eigenvalue weighted by atomic mass is 32.1. The molecule has 0 unspecified atom stereocenters. The summed E-state index contributed by atoms with van der Waals surface area (Å²) in [6.07, 6.45) is 7.90. The SMILES string of the molecule is CC/C=C1/CCc2nc(N)sc2C1.CCCN. The molecule has 1 aliphatic carbocycles. The van der Waals surface area contributed by atoms with Crippen molar-refractivity contribution in [2.24, 2.45) is 5.73 Å². The monoisotopic (exact) mass is 253 g/mol. The highest BCUT2D eigenvalue weighted by Gasteiger charge is 2.16. The summed E-state index contributed by atoms with van der Waals surface area (Å²) in [6.45, 7) is 5.06. The zero-order chi connectivity index (χ0) is 12.7. The van der Waals surface area contributed by atoms with Crippen LogP contribution in [0.1, 0.15) is 43.7 Å². The van der Waals surface area contributed by atoms with Crippen molar-refractivity contribution in [3.8, 4) is 0 Å². The Hall–Kier alpha value is -0.870. The second-order valence-corrected chi connectivity index (χ2v) is 5.27.